The summed E-state index contributed by atoms with van der Waals surface area (Å²) in [4.78, 5) is 16.2. The van der Waals surface area contributed by atoms with Gasteiger partial charge in [0.15, 0.2) is 0 Å². The molecule has 1 amide bonds. The monoisotopic (exact) mass is 326 g/mol. The molecular weight excluding hydrogens is 296 g/mol. The predicted molar refractivity (Wildman–Crippen MR) is 88.2 cm³/mol. The van der Waals surface area contributed by atoms with Gasteiger partial charge in [0.25, 0.3) is 0 Å². The average Bonchev–Trinajstić information content (AvgIpc) is 2.90. The quantitative estimate of drug-likeness (QED) is 0.802. The highest BCUT2D eigenvalue weighted by atomic mass is 16.6. The van der Waals surface area contributed by atoms with Gasteiger partial charge in [0.1, 0.15) is 17.8 Å². The minimum atomic E-state index is -0.546. The molecule has 0 aromatic carbocycles. The van der Waals surface area contributed by atoms with Crippen LogP contribution in [0, 0.1) is 5.41 Å². The van der Waals surface area contributed by atoms with Crippen LogP contribution in [0.3, 0.4) is 0 Å². The zero-order valence-corrected chi connectivity index (χ0v) is 15.1. The molecule has 1 aromatic rings. The first kappa shape index (κ1) is 19.4. The second-order valence-electron chi connectivity index (χ2n) is 7.26. The van der Waals surface area contributed by atoms with Gasteiger partial charge in [-0.3, -0.25) is 0 Å². The highest BCUT2D eigenvalue weighted by Crippen LogP contribution is 2.26. The van der Waals surface area contributed by atoms with Crippen molar-refractivity contribution in [3.63, 3.8) is 0 Å². The number of aliphatic hydroxyl groups is 1. The maximum Gasteiger partial charge on any atom is 0.407 e. The second kappa shape index (κ2) is 7.77. The van der Waals surface area contributed by atoms with Crippen molar-refractivity contribution >= 4 is 6.09 Å². The van der Waals surface area contributed by atoms with Gasteiger partial charge in [-0.1, -0.05) is 6.92 Å². The molecule has 1 heterocycles. The van der Waals surface area contributed by atoms with Crippen molar-refractivity contribution in [1.29, 1.82) is 0 Å². The molecule has 0 aliphatic carbocycles. The van der Waals surface area contributed by atoms with Crippen molar-refractivity contribution in [3.05, 3.63) is 12.2 Å². The van der Waals surface area contributed by atoms with Gasteiger partial charge in [-0.15, -0.1) is 0 Å². The number of amides is 1. The van der Waals surface area contributed by atoms with Gasteiger partial charge < -0.3 is 15.2 Å². The molecule has 1 unspecified atom stereocenters. The first-order chi connectivity index (χ1) is 10.6. The van der Waals surface area contributed by atoms with Gasteiger partial charge in [-0.2, -0.15) is 5.10 Å². The van der Waals surface area contributed by atoms with Crippen LogP contribution in [-0.2, 0) is 11.2 Å². The van der Waals surface area contributed by atoms with Crippen LogP contribution in [0.25, 0.3) is 0 Å². The molecular formula is C16H30N4O3. The first-order valence-corrected chi connectivity index (χ1v) is 8.08. The molecule has 1 rings (SSSR count). The molecule has 0 aliphatic heterocycles. The summed E-state index contributed by atoms with van der Waals surface area (Å²) in [5.74, 6) is 0.807. The number of ether oxygens (including phenoxy) is 1. The van der Waals surface area contributed by atoms with Crippen molar-refractivity contribution in [2.24, 2.45) is 5.41 Å². The van der Waals surface area contributed by atoms with E-state index >= 15 is 0 Å². The normalized spacial score (nSPS) is 14.6. The molecule has 0 fully saturated rings. The van der Waals surface area contributed by atoms with E-state index in [2.05, 4.69) is 15.4 Å². The van der Waals surface area contributed by atoms with Gasteiger partial charge in [-0.05, 0) is 41.0 Å². The van der Waals surface area contributed by atoms with Crippen LogP contribution in [0.4, 0.5) is 4.79 Å². The summed E-state index contributed by atoms with van der Waals surface area (Å²) in [6.07, 6.45) is 2.28. The zero-order valence-electron chi connectivity index (χ0n) is 15.1. The number of aliphatic hydroxyl groups excluding tert-OH is 1. The van der Waals surface area contributed by atoms with Crippen molar-refractivity contribution in [2.75, 3.05) is 13.2 Å². The van der Waals surface area contributed by atoms with Gasteiger partial charge >= 0.3 is 6.09 Å². The molecule has 7 nitrogen and oxygen atoms in total. The molecule has 0 bridgehead atoms. The fourth-order valence-corrected chi connectivity index (χ4v) is 2.28. The number of nitrogens with zero attached hydrogens (tertiary/aromatic N) is 3. The van der Waals surface area contributed by atoms with E-state index in [1.165, 1.54) is 6.33 Å². The van der Waals surface area contributed by atoms with Crippen LogP contribution in [-0.4, -0.2) is 44.7 Å². The Hall–Kier alpha value is -1.63. The zero-order chi connectivity index (χ0) is 17.7. The number of rotatable bonds is 7. The Morgan fingerprint density at radius 1 is 1.43 bits per heavy atom. The molecule has 132 valence electrons. The highest BCUT2D eigenvalue weighted by molar-refractivity contribution is 5.67. The fraction of sp³-hybridized carbons (Fsp3) is 0.812. The lowest BCUT2D eigenvalue weighted by atomic mass is 9.82. The van der Waals surface area contributed by atoms with Crippen LogP contribution in [0.2, 0.25) is 0 Å². The van der Waals surface area contributed by atoms with E-state index in [1.807, 2.05) is 46.2 Å². The Balaban J connectivity index is 2.79. The van der Waals surface area contributed by atoms with Crippen LogP contribution >= 0.6 is 0 Å². The van der Waals surface area contributed by atoms with Crippen molar-refractivity contribution in [3.8, 4) is 0 Å². The van der Waals surface area contributed by atoms with Crippen molar-refractivity contribution in [2.45, 2.75) is 66.0 Å². The smallest absolute Gasteiger partial charge is 0.407 e. The Kier molecular flexibility index (Phi) is 6.56. The summed E-state index contributed by atoms with van der Waals surface area (Å²) in [6, 6.07) is 0.194. The lowest BCUT2D eigenvalue weighted by Crippen LogP contribution is -2.43. The topological polar surface area (TPSA) is 89.3 Å². The van der Waals surface area contributed by atoms with E-state index in [0.29, 0.717) is 19.4 Å². The molecule has 1 atom stereocenters. The van der Waals surface area contributed by atoms with E-state index < -0.39 is 17.1 Å². The molecule has 0 aliphatic rings. The van der Waals surface area contributed by atoms with E-state index in [0.717, 1.165) is 5.82 Å². The summed E-state index contributed by atoms with van der Waals surface area (Å²) >= 11 is 0. The summed E-state index contributed by atoms with van der Waals surface area (Å²) in [5, 5.41) is 16.9. The minimum absolute atomic E-state index is 0.0513. The minimum Gasteiger partial charge on any atom is -0.444 e. The Morgan fingerprint density at radius 2 is 2.09 bits per heavy atom. The van der Waals surface area contributed by atoms with Crippen molar-refractivity contribution in [1.82, 2.24) is 20.1 Å². The molecule has 23 heavy (non-hydrogen) atoms. The maximum atomic E-state index is 11.9. The number of alkyl carbamates (subject to hydrolysis) is 1. The lowest BCUT2D eigenvalue weighted by molar-refractivity contribution is 0.0457. The Morgan fingerprint density at radius 3 is 2.57 bits per heavy atom. The van der Waals surface area contributed by atoms with Crippen molar-refractivity contribution < 1.29 is 14.6 Å². The van der Waals surface area contributed by atoms with E-state index in [9.17, 15) is 9.90 Å². The number of carbonyl (C=O) groups is 1. The number of hydrogen-bond donors (Lipinski definition) is 2. The summed E-state index contributed by atoms with van der Waals surface area (Å²) < 4.78 is 7.10. The van der Waals surface area contributed by atoms with E-state index in [1.54, 1.807) is 0 Å². The third-order valence-electron chi connectivity index (χ3n) is 3.76. The Bertz CT molecular complexity index is 502. The molecule has 0 spiro atoms. The Labute approximate surface area is 138 Å². The molecule has 1 aromatic heterocycles. The summed E-state index contributed by atoms with van der Waals surface area (Å²) in [7, 11) is 0. The number of hydrogen-bond acceptors (Lipinski definition) is 5. The predicted octanol–water partition coefficient (Wildman–Crippen LogP) is 2.31. The van der Waals surface area contributed by atoms with Gasteiger partial charge in [0, 0.05) is 24.4 Å². The van der Waals surface area contributed by atoms with Crippen LogP contribution in [0.1, 0.15) is 59.8 Å². The van der Waals surface area contributed by atoms with E-state index in [4.69, 9.17) is 4.74 Å². The SMILES string of the molecule is CCC(CO)(CNC(=O)OC(C)(C)C)Cc1ncnn1C(C)C. The van der Waals surface area contributed by atoms with Crippen LogP contribution in [0.5, 0.6) is 0 Å². The largest absolute Gasteiger partial charge is 0.444 e. The molecule has 7 heteroatoms. The van der Waals surface area contributed by atoms with Gasteiger partial charge in [0.05, 0.1) is 6.61 Å². The molecule has 0 radical (unpaired) electrons. The van der Waals surface area contributed by atoms with E-state index in [-0.39, 0.29) is 12.6 Å². The molecule has 0 saturated heterocycles. The molecule has 2 N–H and O–H groups in total. The second-order valence-corrected chi connectivity index (χ2v) is 7.26. The first-order valence-electron chi connectivity index (χ1n) is 8.08. The molecule has 0 saturated carbocycles. The standard InChI is InChI=1S/C16H30N4O3/c1-7-16(10-21,9-17-14(22)23-15(4,5)6)8-13-18-11-19-20(13)12(2)3/h11-12,21H,7-10H2,1-6H3,(H,17,22). The van der Waals surface area contributed by atoms with Gasteiger partial charge in [0.2, 0.25) is 0 Å². The third-order valence-corrected chi connectivity index (χ3v) is 3.76. The third kappa shape index (κ3) is 5.82. The lowest BCUT2D eigenvalue weighted by Gasteiger charge is -2.31. The number of aromatic nitrogens is 3. The fourth-order valence-electron chi connectivity index (χ4n) is 2.28. The average molecular weight is 326 g/mol. The highest BCUT2D eigenvalue weighted by Gasteiger charge is 2.31. The van der Waals surface area contributed by atoms with Gasteiger partial charge in [-0.25, -0.2) is 14.5 Å². The number of nitrogens with one attached hydrogen (secondary N) is 1. The summed E-state index contributed by atoms with van der Waals surface area (Å²) in [6.45, 7) is 11.8. The maximum absolute atomic E-state index is 11.9. The number of carbonyl (C=O) groups excluding carboxylic acids is 1. The van der Waals surface area contributed by atoms with Crippen LogP contribution < -0.4 is 5.32 Å². The van der Waals surface area contributed by atoms with Crippen LogP contribution in [0.15, 0.2) is 6.33 Å². The summed E-state index contributed by atoms with van der Waals surface area (Å²) in [5.41, 5.74) is -1.04.